The van der Waals surface area contributed by atoms with E-state index >= 15 is 0 Å². The van der Waals surface area contributed by atoms with Crippen molar-refractivity contribution in [3.8, 4) is 0 Å². The fourth-order valence-corrected chi connectivity index (χ4v) is 2.19. The summed E-state index contributed by atoms with van der Waals surface area (Å²) < 4.78 is 0. The van der Waals surface area contributed by atoms with Crippen molar-refractivity contribution in [3.63, 3.8) is 0 Å². The first-order valence-electron chi connectivity index (χ1n) is 6.17. The summed E-state index contributed by atoms with van der Waals surface area (Å²) in [7, 11) is 0. The molecule has 1 aromatic rings. The number of rotatable bonds is 5. The highest BCUT2D eigenvalue weighted by atomic mass is 32.2. The van der Waals surface area contributed by atoms with E-state index in [0.717, 1.165) is 11.3 Å². The van der Waals surface area contributed by atoms with Crippen molar-refractivity contribution in [2.24, 2.45) is 5.92 Å². The lowest BCUT2D eigenvalue weighted by Crippen LogP contribution is -2.17. The molecule has 3 N–H and O–H groups in total. The Morgan fingerprint density at radius 3 is 2.61 bits per heavy atom. The third-order valence-electron chi connectivity index (χ3n) is 2.98. The van der Waals surface area contributed by atoms with Gasteiger partial charge in [-0.25, -0.2) is 0 Å². The van der Waals surface area contributed by atoms with E-state index in [1.54, 1.807) is 17.8 Å². The summed E-state index contributed by atoms with van der Waals surface area (Å²) in [6.07, 6.45) is 0. The molecular weight excluding hydrogens is 244 g/mol. The Labute approximate surface area is 114 Å². The number of amides is 1. The van der Waals surface area contributed by atoms with Gasteiger partial charge in [0, 0.05) is 16.6 Å². The fourth-order valence-electron chi connectivity index (χ4n) is 1.31. The van der Waals surface area contributed by atoms with Crippen LogP contribution in [0.4, 0.5) is 11.4 Å². The molecule has 3 nitrogen and oxygen atoms in total. The predicted molar refractivity (Wildman–Crippen MR) is 81.0 cm³/mol. The smallest absolute Gasteiger partial charge is 0.234 e. The lowest BCUT2D eigenvalue weighted by molar-refractivity contribution is -0.113. The molecule has 0 aromatic heterocycles. The Bertz CT molecular complexity index is 418. The summed E-state index contributed by atoms with van der Waals surface area (Å²) in [6, 6.07) is 5.58. The number of thioether (sulfide) groups is 1. The van der Waals surface area contributed by atoms with E-state index < -0.39 is 0 Å². The fraction of sp³-hybridized carbons (Fsp3) is 0.500. The quantitative estimate of drug-likeness (QED) is 0.804. The Morgan fingerprint density at radius 1 is 1.39 bits per heavy atom. The van der Waals surface area contributed by atoms with Crippen LogP contribution in [0.1, 0.15) is 26.3 Å². The van der Waals surface area contributed by atoms with Gasteiger partial charge in [0.2, 0.25) is 5.91 Å². The molecule has 0 aliphatic carbocycles. The van der Waals surface area contributed by atoms with Crippen LogP contribution in [0.25, 0.3) is 0 Å². The van der Waals surface area contributed by atoms with Crippen LogP contribution >= 0.6 is 11.8 Å². The highest BCUT2D eigenvalue weighted by molar-refractivity contribution is 8.00. The summed E-state index contributed by atoms with van der Waals surface area (Å²) in [4.78, 5) is 11.8. The topological polar surface area (TPSA) is 55.1 Å². The van der Waals surface area contributed by atoms with Crippen LogP contribution in [0.2, 0.25) is 0 Å². The monoisotopic (exact) mass is 266 g/mol. The number of benzene rings is 1. The zero-order valence-electron chi connectivity index (χ0n) is 11.5. The van der Waals surface area contributed by atoms with Crippen LogP contribution in [0.15, 0.2) is 18.2 Å². The molecule has 0 fully saturated rings. The first-order valence-corrected chi connectivity index (χ1v) is 7.22. The molecule has 1 atom stereocenters. The second-order valence-electron chi connectivity index (χ2n) is 4.88. The molecule has 0 spiro atoms. The van der Waals surface area contributed by atoms with E-state index in [-0.39, 0.29) is 5.91 Å². The third-order valence-corrected chi connectivity index (χ3v) is 4.48. The van der Waals surface area contributed by atoms with E-state index in [4.69, 9.17) is 5.73 Å². The van der Waals surface area contributed by atoms with Crippen LogP contribution in [0.5, 0.6) is 0 Å². The number of aryl methyl sites for hydroxylation is 1. The third kappa shape index (κ3) is 4.61. The Balaban J connectivity index is 2.47. The standard InChI is InChI=1S/C14H22N2OS/c1-9(2)11(4)18-8-14(17)16-12-6-5-10(3)13(15)7-12/h5-7,9,11H,8,15H2,1-4H3,(H,16,17). The predicted octanol–water partition coefficient (Wildman–Crippen LogP) is 3.29. The van der Waals surface area contributed by atoms with Crippen molar-refractivity contribution in [1.82, 2.24) is 0 Å². The normalized spacial score (nSPS) is 12.5. The van der Waals surface area contributed by atoms with Crippen molar-refractivity contribution >= 4 is 29.0 Å². The summed E-state index contributed by atoms with van der Waals surface area (Å²) >= 11 is 1.68. The zero-order valence-corrected chi connectivity index (χ0v) is 12.3. The number of nitrogen functional groups attached to an aromatic ring is 1. The van der Waals surface area contributed by atoms with E-state index in [1.165, 1.54) is 0 Å². The van der Waals surface area contributed by atoms with Crippen LogP contribution < -0.4 is 11.1 Å². The number of hydrogen-bond acceptors (Lipinski definition) is 3. The van der Waals surface area contributed by atoms with Crippen molar-refractivity contribution < 1.29 is 4.79 Å². The highest BCUT2D eigenvalue weighted by Gasteiger charge is 2.10. The van der Waals surface area contributed by atoms with Crippen molar-refractivity contribution in [1.29, 1.82) is 0 Å². The molecule has 1 unspecified atom stereocenters. The molecule has 1 rings (SSSR count). The lowest BCUT2D eigenvalue weighted by Gasteiger charge is -2.14. The molecule has 0 aliphatic rings. The Kier molecular flexibility index (Phi) is 5.54. The van der Waals surface area contributed by atoms with Crippen molar-refractivity contribution in [3.05, 3.63) is 23.8 Å². The van der Waals surface area contributed by atoms with Crippen LogP contribution in [-0.2, 0) is 4.79 Å². The molecule has 0 saturated heterocycles. The second kappa shape index (κ2) is 6.69. The molecular formula is C14H22N2OS. The van der Waals surface area contributed by atoms with Crippen molar-refractivity contribution in [2.75, 3.05) is 16.8 Å². The van der Waals surface area contributed by atoms with Gasteiger partial charge in [-0.3, -0.25) is 4.79 Å². The second-order valence-corrected chi connectivity index (χ2v) is 6.25. The minimum Gasteiger partial charge on any atom is -0.398 e. The average molecular weight is 266 g/mol. The van der Waals surface area contributed by atoms with Gasteiger partial charge >= 0.3 is 0 Å². The Morgan fingerprint density at radius 2 is 2.06 bits per heavy atom. The number of hydrogen-bond donors (Lipinski definition) is 2. The average Bonchev–Trinajstić information content (AvgIpc) is 2.30. The van der Waals surface area contributed by atoms with E-state index in [0.29, 0.717) is 22.6 Å². The number of anilines is 2. The van der Waals surface area contributed by atoms with Gasteiger partial charge in [0.1, 0.15) is 0 Å². The highest BCUT2D eigenvalue weighted by Crippen LogP contribution is 2.20. The molecule has 18 heavy (non-hydrogen) atoms. The van der Waals surface area contributed by atoms with Gasteiger partial charge in [-0.2, -0.15) is 0 Å². The molecule has 0 radical (unpaired) electrons. The van der Waals surface area contributed by atoms with Gasteiger partial charge in [0.15, 0.2) is 0 Å². The molecule has 1 amide bonds. The number of nitrogens with one attached hydrogen (secondary N) is 1. The maximum absolute atomic E-state index is 11.8. The summed E-state index contributed by atoms with van der Waals surface area (Å²) in [6.45, 7) is 8.42. The molecule has 0 heterocycles. The summed E-state index contributed by atoms with van der Waals surface area (Å²) in [5, 5.41) is 3.35. The molecule has 100 valence electrons. The Hall–Kier alpha value is -1.16. The van der Waals surface area contributed by atoms with Gasteiger partial charge in [0.25, 0.3) is 0 Å². The van der Waals surface area contributed by atoms with Crippen LogP contribution in [-0.4, -0.2) is 16.9 Å². The minimum absolute atomic E-state index is 0.0238. The number of carbonyl (C=O) groups is 1. The lowest BCUT2D eigenvalue weighted by atomic mass is 10.2. The first kappa shape index (κ1) is 14.9. The SMILES string of the molecule is Cc1ccc(NC(=O)CSC(C)C(C)C)cc1N. The van der Waals surface area contributed by atoms with E-state index in [2.05, 4.69) is 26.1 Å². The number of nitrogens with two attached hydrogens (primary N) is 1. The molecule has 1 aromatic carbocycles. The van der Waals surface area contributed by atoms with E-state index in [9.17, 15) is 4.79 Å². The number of carbonyl (C=O) groups excluding carboxylic acids is 1. The largest absolute Gasteiger partial charge is 0.398 e. The van der Waals surface area contributed by atoms with Crippen LogP contribution in [0, 0.1) is 12.8 Å². The van der Waals surface area contributed by atoms with Gasteiger partial charge in [-0.15, -0.1) is 11.8 Å². The van der Waals surface area contributed by atoms with Crippen molar-refractivity contribution in [2.45, 2.75) is 32.9 Å². The molecule has 0 saturated carbocycles. The summed E-state index contributed by atoms with van der Waals surface area (Å²) in [5.41, 5.74) is 8.30. The van der Waals surface area contributed by atoms with Gasteiger partial charge in [-0.1, -0.05) is 26.8 Å². The molecule has 4 heteroatoms. The van der Waals surface area contributed by atoms with Gasteiger partial charge in [0.05, 0.1) is 5.75 Å². The molecule has 0 bridgehead atoms. The maximum atomic E-state index is 11.8. The minimum atomic E-state index is 0.0238. The van der Waals surface area contributed by atoms with Gasteiger partial charge < -0.3 is 11.1 Å². The van der Waals surface area contributed by atoms with Crippen LogP contribution in [0.3, 0.4) is 0 Å². The molecule has 0 aliphatic heterocycles. The van der Waals surface area contributed by atoms with Gasteiger partial charge in [-0.05, 0) is 30.5 Å². The van der Waals surface area contributed by atoms with E-state index in [1.807, 2.05) is 19.1 Å². The first-order chi connectivity index (χ1) is 8.40. The maximum Gasteiger partial charge on any atom is 0.234 e. The zero-order chi connectivity index (χ0) is 13.7. The summed E-state index contributed by atoms with van der Waals surface area (Å²) in [5.74, 6) is 1.08.